The first-order valence-corrected chi connectivity index (χ1v) is 7.17. The van der Waals surface area contributed by atoms with Crippen LogP contribution >= 0.6 is 11.6 Å². The number of halogens is 1. The predicted octanol–water partition coefficient (Wildman–Crippen LogP) is 1.93. The Bertz CT molecular complexity index is 469. The van der Waals surface area contributed by atoms with E-state index in [2.05, 4.69) is 21.8 Å². The number of aryl methyl sites for hydroxylation is 1. The smallest absolute Gasteiger partial charge is 0.224 e. The number of anilines is 1. The van der Waals surface area contributed by atoms with E-state index < -0.39 is 0 Å². The number of fused-ring (bicyclic) bond motifs is 4. The zero-order chi connectivity index (χ0) is 13.2. The molecule has 0 saturated carbocycles. The molecule has 1 saturated heterocycles. The molecule has 19 heavy (non-hydrogen) atoms. The molecule has 1 aromatic rings. The lowest BCUT2D eigenvalue weighted by atomic mass is 10.1. The fourth-order valence-electron chi connectivity index (χ4n) is 2.61. The molecule has 3 rings (SSSR count). The predicted molar refractivity (Wildman–Crippen MR) is 73.1 cm³/mol. The lowest BCUT2D eigenvalue weighted by molar-refractivity contribution is 0.0751. The minimum Gasteiger partial charge on any atom is -0.487 e. The third-order valence-corrected chi connectivity index (χ3v) is 3.71. The molecule has 104 valence electrons. The molecule has 1 aromatic heterocycles. The number of aromatic nitrogens is 2. The Hall–Kier alpha value is -1.07. The largest absolute Gasteiger partial charge is 0.487 e. The van der Waals surface area contributed by atoms with Crippen molar-refractivity contribution in [1.29, 1.82) is 0 Å². The van der Waals surface area contributed by atoms with Crippen molar-refractivity contribution in [2.45, 2.75) is 19.8 Å². The monoisotopic (exact) mass is 283 g/mol. The second-order valence-corrected chi connectivity index (χ2v) is 5.34. The Morgan fingerprint density at radius 2 is 2.26 bits per heavy atom. The molecule has 1 fully saturated rings. The lowest BCUT2D eigenvalue weighted by Gasteiger charge is -2.27. The van der Waals surface area contributed by atoms with E-state index >= 15 is 0 Å². The molecule has 0 amide bonds. The Labute approximate surface area is 117 Å². The summed E-state index contributed by atoms with van der Waals surface area (Å²) in [5.41, 5.74) is 0.890. The van der Waals surface area contributed by atoms with Gasteiger partial charge < -0.3 is 14.4 Å². The minimum absolute atomic E-state index is 0.302. The van der Waals surface area contributed by atoms with Crippen molar-refractivity contribution in [3.63, 3.8) is 0 Å². The van der Waals surface area contributed by atoms with E-state index in [-0.39, 0.29) is 0 Å². The summed E-state index contributed by atoms with van der Waals surface area (Å²) in [6, 6.07) is 0. The summed E-state index contributed by atoms with van der Waals surface area (Å²) in [6.45, 7) is 6.07. The Kier molecular flexibility index (Phi) is 3.75. The minimum atomic E-state index is 0.302. The summed E-state index contributed by atoms with van der Waals surface area (Å²) in [7, 11) is 0. The molecule has 2 aliphatic rings. The van der Waals surface area contributed by atoms with Gasteiger partial charge in [-0.2, -0.15) is 4.98 Å². The van der Waals surface area contributed by atoms with Crippen LogP contribution in [0.1, 0.15) is 19.0 Å². The second kappa shape index (κ2) is 5.51. The molecule has 0 spiro atoms. The molecule has 6 heteroatoms. The summed E-state index contributed by atoms with van der Waals surface area (Å²) in [5, 5.41) is 0.302. The van der Waals surface area contributed by atoms with E-state index in [1.165, 1.54) is 0 Å². The molecule has 2 bridgehead atoms. The van der Waals surface area contributed by atoms with Crippen LogP contribution in [0.15, 0.2) is 0 Å². The van der Waals surface area contributed by atoms with Gasteiger partial charge in [-0.1, -0.05) is 6.92 Å². The van der Waals surface area contributed by atoms with Crippen molar-refractivity contribution in [3.05, 3.63) is 11.0 Å². The van der Waals surface area contributed by atoms with Crippen LogP contribution in [0.5, 0.6) is 5.75 Å². The normalized spacial score (nSPS) is 22.8. The zero-order valence-electron chi connectivity index (χ0n) is 11.1. The van der Waals surface area contributed by atoms with E-state index in [1.807, 2.05) is 0 Å². The Morgan fingerprint density at radius 1 is 1.37 bits per heavy atom. The van der Waals surface area contributed by atoms with Gasteiger partial charge in [-0.25, -0.2) is 4.98 Å². The van der Waals surface area contributed by atoms with Crippen LogP contribution in [0.4, 0.5) is 5.82 Å². The van der Waals surface area contributed by atoms with Crippen molar-refractivity contribution in [2.75, 3.05) is 37.8 Å². The summed E-state index contributed by atoms with van der Waals surface area (Å²) in [5.74, 6) is 2.02. The molecule has 0 radical (unpaired) electrons. The van der Waals surface area contributed by atoms with Crippen LogP contribution in [-0.2, 0) is 11.2 Å². The van der Waals surface area contributed by atoms with Crippen LogP contribution in [0.2, 0.25) is 5.28 Å². The molecule has 0 aliphatic carbocycles. The maximum atomic E-state index is 6.03. The summed E-state index contributed by atoms with van der Waals surface area (Å²) < 4.78 is 11.6. The first-order valence-electron chi connectivity index (χ1n) is 6.80. The quantitative estimate of drug-likeness (QED) is 0.737. The molecule has 0 N–H and O–H groups in total. The topological polar surface area (TPSA) is 47.5 Å². The van der Waals surface area contributed by atoms with Crippen LogP contribution in [-0.4, -0.2) is 42.9 Å². The van der Waals surface area contributed by atoms with E-state index in [1.54, 1.807) is 0 Å². The van der Waals surface area contributed by atoms with Gasteiger partial charge in [0, 0.05) is 25.6 Å². The fourth-order valence-corrected chi connectivity index (χ4v) is 2.80. The highest BCUT2D eigenvalue weighted by atomic mass is 35.5. The molecule has 0 aromatic carbocycles. The van der Waals surface area contributed by atoms with Crippen molar-refractivity contribution in [3.8, 4) is 5.75 Å². The first-order chi connectivity index (χ1) is 9.28. The molecular formula is C13H18ClN3O2. The number of ether oxygens (including phenoxy) is 2. The van der Waals surface area contributed by atoms with Gasteiger partial charge in [0.1, 0.15) is 0 Å². The summed E-state index contributed by atoms with van der Waals surface area (Å²) in [6.07, 6.45) is 1.79. The van der Waals surface area contributed by atoms with Crippen molar-refractivity contribution in [1.82, 2.24) is 9.97 Å². The first kappa shape index (κ1) is 12.9. The van der Waals surface area contributed by atoms with E-state index in [9.17, 15) is 0 Å². The van der Waals surface area contributed by atoms with Gasteiger partial charge in [0.25, 0.3) is 0 Å². The van der Waals surface area contributed by atoms with Gasteiger partial charge >= 0.3 is 0 Å². The van der Waals surface area contributed by atoms with Gasteiger partial charge in [-0.15, -0.1) is 0 Å². The summed E-state index contributed by atoms with van der Waals surface area (Å²) in [4.78, 5) is 10.9. The standard InChI is InChI=1S/C13H18ClN3O2/c1-2-10-11-12(16-13(14)15-10)17-4-3-5-18-7-9(6-17)8-19-11/h9H,2-8H2,1H3. The summed E-state index contributed by atoms with van der Waals surface area (Å²) >= 11 is 6.03. The van der Waals surface area contributed by atoms with Gasteiger partial charge in [-0.05, 0) is 24.4 Å². The zero-order valence-corrected chi connectivity index (χ0v) is 11.8. The third kappa shape index (κ3) is 2.62. The molecule has 5 nitrogen and oxygen atoms in total. The molecule has 2 aliphatic heterocycles. The SMILES string of the molecule is CCc1nc(Cl)nc2c1OCC1COCCCN2C1. The van der Waals surface area contributed by atoms with E-state index in [4.69, 9.17) is 21.1 Å². The van der Waals surface area contributed by atoms with Gasteiger partial charge in [0.2, 0.25) is 5.28 Å². The van der Waals surface area contributed by atoms with Crippen LogP contribution < -0.4 is 9.64 Å². The van der Waals surface area contributed by atoms with Crippen LogP contribution in [0, 0.1) is 5.92 Å². The highest BCUT2D eigenvalue weighted by molar-refractivity contribution is 6.28. The molecule has 1 atom stereocenters. The van der Waals surface area contributed by atoms with Gasteiger partial charge in [0.15, 0.2) is 11.6 Å². The lowest BCUT2D eigenvalue weighted by Crippen LogP contribution is -2.36. The average Bonchev–Trinajstić information content (AvgIpc) is 2.56. The highest BCUT2D eigenvalue weighted by Crippen LogP contribution is 2.34. The highest BCUT2D eigenvalue weighted by Gasteiger charge is 2.28. The van der Waals surface area contributed by atoms with Crippen molar-refractivity contribution >= 4 is 17.4 Å². The number of rotatable bonds is 1. The Balaban J connectivity index is 2.02. The van der Waals surface area contributed by atoms with Crippen molar-refractivity contribution < 1.29 is 9.47 Å². The molecular weight excluding hydrogens is 266 g/mol. The molecule has 1 unspecified atom stereocenters. The Morgan fingerprint density at radius 3 is 3.11 bits per heavy atom. The van der Waals surface area contributed by atoms with Crippen LogP contribution in [0.25, 0.3) is 0 Å². The second-order valence-electron chi connectivity index (χ2n) is 5.00. The van der Waals surface area contributed by atoms with E-state index in [0.717, 1.165) is 56.4 Å². The molecule has 3 heterocycles. The number of nitrogens with zero attached hydrogens (tertiary/aromatic N) is 3. The van der Waals surface area contributed by atoms with Gasteiger partial charge in [0.05, 0.1) is 18.9 Å². The fraction of sp³-hybridized carbons (Fsp3) is 0.692. The average molecular weight is 284 g/mol. The van der Waals surface area contributed by atoms with Crippen LogP contribution in [0.3, 0.4) is 0 Å². The maximum Gasteiger partial charge on any atom is 0.224 e. The van der Waals surface area contributed by atoms with Crippen molar-refractivity contribution in [2.24, 2.45) is 5.92 Å². The number of hydrogen-bond donors (Lipinski definition) is 0. The van der Waals surface area contributed by atoms with Gasteiger partial charge in [-0.3, -0.25) is 0 Å². The number of hydrogen-bond acceptors (Lipinski definition) is 5. The third-order valence-electron chi connectivity index (χ3n) is 3.54. The maximum absolute atomic E-state index is 6.03. The van der Waals surface area contributed by atoms with E-state index in [0.29, 0.717) is 17.8 Å².